The third-order valence-corrected chi connectivity index (χ3v) is 4.37. The number of carbonyl (C=O) groups is 1. The van der Waals surface area contributed by atoms with Crippen molar-refractivity contribution in [3.63, 3.8) is 0 Å². The van der Waals surface area contributed by atoms with Crippen molar-refractivity contribution in [3.8, 4) is 0 Å². The van der Waals surface area contributed by atoms with E-state index in [-0.39, 0.29) is 0 Å². The number of piperidine rings is 1. The Bertz CT molecular complexity index is 267. The average molecular weight is 224 g/mol. The van der Waals surface area contributed by atoms with Gasteiger partial charge < -0.3 is 10.2 Å². The third-order valence-electron chi connectivity index (χ3n) is 4.37. The molecule has 4 atom stereocenters. The van der Waals surface area contributed by atoms with Crippen molar-refractivity contribution in [3.05, 3.63) is 0 Å². The van der Waals surface area contributed by atoms with Crippen LogP contribution in [0, 0.1) is 17.8 Å². The molecule has 2 fully saturated rings. The van der Waals surface area contributed by atoms with Crippen LogP contribution in [0.5, 0.6) is 0 Å². The summed E-state index contributed by atoms with van der Waals surface area (Å²) in [5.41, 5.74) is 0. The van der Waals surface area contributed by atoms with E-state index < -0.39 is 0 Å². The number of hydrogen-bond donors (Lipinski definition) is 1. The van der Waals surface area contributed by atoms with Gasteiger partial charge in [0.15, 0.2) is 0 Å². The first kappa shape index (κ1) is 11.9. The van der Waals surface area contributed by atoms with E-state index in [0.717, 1.165) is 32.4 Å². The van der Waals surface area contributed by atoms with Crippen molar-refractivity contribution in [2.24, 2.45) is 17.8 Å². The number of amides is 1. The van der Waals surface area contributed by atoms with Crippen molar-refractivity contribution >= 4 is 5.91 Å². The molecule has 92 valence electrons. The number of likely N-dealkylation sites (tertiary alicyclic amines) is 1. The second kappa shape index (κ2) is 4.74. The molecular formula is C13H24N2O. The zero-order valence-electron chi connectivity index (χ0n) is 10.7. The summed E-state index contributed by atoms with van der Waals surface area (Å²) < 4.78 is 0. The van der Waals surface area contributed by atoms with Crippen molar-refractivity contribution in [1.82, 2.24) is 10.2 Å². The van der Waals surface area contributed by atoms with Crippen LogP contribution in [-0.2, 0) is 4.79 Å². The van der Waals surface area contributed by atoms with Crippen LogP contribution in [-0.4, -0.2) is 37.0 Å². The Morgan fingerprint density at radius 1 is 1.50 bits per heavy atom. The van der Waals surface area contributed by atoms with Crippen LogP contribution >= 0.6 is 0 Å². The van der Waals surface area contributed by atoms with Gasteiger partial charge in [-0.15, -0.1) is 0 Å². The average Bonchev–Trinajstić information content (AvgIpc) is 3.04. The number of hydrogen-bond acceptors (Lipinski definition) is 2. The van der Waals surface area contributed by atoms with Gasteiger partial charge >= 0.3 is 0 Å². The van der Waals surface area contributed by atoms with E-state index in [1.165, 1.54) is 0 Å². The van der Waals surface area contributed by atoms with E-state index in [9.17, 15) is 4.79 Å². The summed E-state index contributed by atoms with van der Waals surface area (Å²) in [5, 5.41) is 3.38. The molecule has 1 saturated heterocycles. The fourth-order valence-corrected chi connectivity index (χ4v) is 2.93. The highest BCUT2D eigenvalue weighted by atomic mass is 16.2. The minimum atomic E-state index is 0.351. The van der Waals surface area contributed by atoms with Gasteiger partial charge in [0, 0.05) is 25.0 Å². The quantitative estimate of drug-likeness (QED) is 0.787. The largest absolute Gasteiger partial charge is 0.342 e. The van der Waals surface area contributed by atoms with Crippen molar-refractivity contribution < 1.29 is 4.79 Å². The topological polar surface area (TPSA) is 32.3 Å². The zero-order chi connectivity index (χ0) is 11.7. The molecule has 0 bridgehead atoms. The SMILES string of the molecule is CCC1CN(C(=O)C2CC2C)CCC1NC. The van der Waals surface area contributed by atoms with Crippen LogP contribution in [0.1, 0.15) is 33.1 Å². The van der Waals surface area contributed by atoms with E-state index in [1.807, 2.05) is 7.05 Å². The van der Waals surface area contributed by atoms with Gasteiger partial charge in [-0.05, 0) is 31.7 Å². The molecule has 3 nitrogen and oxygen atoms in total. The molecule has 0 aromatic carbocycles. The van der Waals surface area contributed by atoms with Crippen molar-refractivity contribution in [2.75, 3.05) is 20.1 Å². The number of carbonyl (C=O) groups excluding carboxylic acids is 1. The molecule has 0 spiro atoms. The van der Waals surface area contributed by atoms with Crippen LogP contribution < -0.4 is 5.32 Å². The normalized spacial score (nSPS) is 38.6. The third kappa shape index (κ3) is 2.24. The first-order valence-electron chi connectivity index (χ1n) is 6.63. The van der Waals surface area contributed by atoms with Gasteiger partial charge in [-0.25, -0.2) is 0 Å². The lowest BCUT2D eigenvalue weighted by atomic mass is 9.90. The Morgan fingerprint density at radius 3 is 2.69 bits per heavy atom. The van der Waals surface area contributed by atoms with Crippen molar-refractivity contribution in [2.45, 2.75) is 39.2 Å². The Hall–Kier alpha value is -0.570. The Balaban J connectivity index is 1.91. The van der Waals surface area contributed by atoms with Crippen LogP contribution in [0.3, 0.4) is 0 Å². The maximum absolute atomic E-state index is 12.1. The number of rotatable bonds is 3. The molecule has 4 unspecified atom stereocenters. The molecule has 0 aromatic heterocycles. The molecule has 1 N–H and O–H groups in total. The molecule has 2 aliphatic rings. The molecule has 2 rings (SSSR count). The summed E-state index contributed by atoms with van der Waals surface area (Å²) in [6, 6.07) is 0.602. The van der Waals surface area contributed by atoms with E-state index in [2.05, 4.69) is 24.1 Å². The predicted octanol–water partition coefficient (Wildman–Crippen LogP) is 1.49. The number of nitrogens with zero attached hydrogens (tertiary/aromatic N) is 1. The van der Waals surface area contributed by atoms with Crippen LogP contribution in [0.25, 0.3) is 0 Å². The van der Waals surface area contributed by atoms with Gasteiger partial charge in [-0.2, -0.15) is 0 Å². The first-order valence-corrected chi connectivity index (χ1v) is 6.63. The standard InChI is InChI=1S/C13H24N2O/c1-4-10-8-15(6-5-12(10)14-3)13(16)11-7-9(11)2/h9-12,14H,4-8H2,1-3H3. The van der Waals surface area contributed by atoms with Gasteiger partial charge in [-0.3, -0.25) is 4.79 Å². The molecule has 3 heteroatoms. The molecule has 1 aliphatic carbocycles. The Labute approximate surface area is 98.6 Å². The lowest BCUT2D eigenvalue weighted by Gasteiger charge is -2.38. The summed E-state index contributed by atoms with van der Waals surface area (Å²) >= 11 is 0. The minimum absolute atomic E-state index is 0.351. The Kier molecular flexibility index (Phi) is 3.53. The van der Waals surface area contributed by atoms with Crippen LogP contribution in [0.4, 0.5) is 0 Å². The molecule has 0 radical (unpaired) electrons. The van der Waals surface area contributed by atoms with Crippen LogP contribution in [0.15, 0.2) is 0 Å². The predicted molar refractivity (Wildman–Crippen MR) is 65.1 cm³/mol. The molecular weight excluding hydrogens is 200 g/mol. The lowest BCUT2D eigenvalue weighted by molar-refractivity contribution is -0.135. The minimum Gasteiger partial charge on any atom is -0.342 e. The monoisotopic (exact) mass is 224 g/mol. The second-order valence-electron chi connectivity index (χ2n) is 5.46. The summed E-state index contributed by atoms with van der Waals surface area (Å²) in [6.07, 6.45) is 3.39. The highest BCUT2D eigenvalue weighted by Crippen LogP contribution is 2.39. The molecule has 1 aliphatic heterocycles. The summed E-state index contributed by atoms with van der Waals surface area (Å²) in [4.78, 5) is 14.2. The Morgan fingerprint density at radius 2 is 2.19 bits per heavy atom. The highest BCUT2D eigenvalue weighted by molar-refractivity contribution is 5.81. The van der Waals surface area contributed by atoms with E-state index in [1.54, 1.807) is 0 Å². The van der Waals surface area contributed by atoms with Gasteiger partial charge in [0.05, 0.1) is 0 Å². The number of nitrogens with one attached hydrogen (secondary N) is 1. The molecule has 1 amide bonds. The highest BCUT2D eigenvalue weighted by Gasteiger charge is 2.43. The maximum Gasteiger partial charge on any atom is 0.225 e. The van der Waals surface area contributed by atoms with Gasteiger partial charge in [0.25, 0.3) is 0 Å². The van der Waals surface area contributed by atoms with E-state index >= 15 is 0 Å². The van der Waals surface area contributed by atoms with Gasteiger partial charge in [-0.1, -0.05) is 20.3 Å². The molecule has 1 saturated carbocycles. The van der Waals surface area contributed by atoms with E-state index in [4.69, 9.17) is 0 Å². The van der Waals surface area contributed by atoms with Crippen LogP contribution in [0.2, 0.25) is 0 Å². The molecule has 0 aromatic rings. The van der Waals surface area contributed by atoms with Crippen molar-refractivity contribution in [1.29, 1.82) is 0 Å². The fourth-order valence-electron chi connectivity index (χ4n) is 2.93. The second-order valence-corrected chi connectivity index (χ2v) is 5.46. The van der Waals surface area contributed by atoms with E-state index in [0.29, 0.717) is 29.7 Å². The van der Waals surface area contributed by atoms with Gasteiger partial charge in [0.2, 0.25) is 5.91 Å². The first-order chi connectivity index (χ1) is 7.67. The zero-order valence-corrected chi connectivity index (χ0v) is 10.7. The smallest absolute Gasteiger partial charge is 0.225 e. The fraction of sp³-hybridized carbons (Fsp3) is 0.923. The summed E-state index contributed by atoms with van der Waals surface area (Å²) in [5.74, 6) is 2.04. The van der Waals surface area contributed by atoms with Gasteiger partial charge in [0.1, 0.15) is 0 Å². The maximum atomic E-state index is 12.1. The summed E-state index contributed by atoms with van der Waals surface area (Å²) in [7, 11) is 2.04. The summed E-state index contributed by atoms with van der Waals surface area (Å²) in [6.45, 7) is 6.32. The molecule has 16 heavy (non-hydrogen) atoms. The molecule has 1 heterocycles. The lowest BCUT2D eigenvalue weighted by Crippen LogP contribution is -2.50.